The second kappa shape index (κ2) is 3.89. The number of alkyl halides is 2. The van der Waals surface area contributed by atoms with Crippen LogP contribution in [0.2, 0.25) is 0 Å². The van der Waals surface area contributed by atoms with E-state index in [0.29, 0.717) is 4.47 Å². The maximum absolute atomic E-state index is 13.6. The van der Waals surface area contributed by atoms with E-state index in [-0.39, 0.29) is 5.69 Å². The second-order valence-electron chi connectivity index (χ2n) is 3.91. The van der Waals surface area contributed by atoms with E-state index in [9.17, 15) is 13.2 Å². The third-order valence-electron chi connectivity index (χ3n) is 2.59. The molecular weight excluding hydrogens is 301 g/mol. The van der Waals surface area contributed by atoms with Gasteiger partial charge in [0.2, 0.25) is 5.92 Å². The first-order valence-corrected chi connectivity index (χ1v) is 5.43. The number of pyridine rings is 1. The van der Waals surface area contributed by atoms with Crippen LogP contribution in [0.5, 0.6) is 0 Å². The summed E-state index contributed by atoms with van der Waals surface area (Å²) in [5, 5.41) is 3.30. The lowest BCUT2D eigenvalue weighted by Crippen LogP contribution is -2.48. The summed E-state index contributed by atoms with van der Waals surface area (Å²) in [5.74, 6) is -3.70. The van der Waals surface area contributed by atoms with Gasteiger partial charge in [0.15, 0.2) is 0 Å². The highest BCUT2D eigenvalue weighted by Crippen LogP contribution is 2.54. The highest BCUT2D eigenvalue weighted by Gasteiger charge is 2.59. The maximum atomic E-state index is 13.6. The summed E-state index contributed by atoms with van der Waals surface area (Å²) >= 11 is 3.01. The van der Waals surface area contributed by atoms with Gasteiger partial charge in [-0.2, -0.15) is 0 Å². The van der Waals surface area contributed by atoms with Gasteiger partial charge in [-0.25, -0.2) is 13.2 Å². The fourth-order valence-corrected chi connectivity index (χ4v) is 2.24. The predicted molar refractivity (Wildman–Crippen MR) is 56.9 cm³/mol. The lowest BCUT2D eigenvalue weighted by atomic mass is 9.71. The van der Waals surface area contributed by atoms with Crippen molar-refractivity contribution in [1.29, 1.82) is 0 Å². The van der Waals surface area contributed by atoms with Crippen LogP contribution in [0.3, 0.4) is 0 Å². The highest BCUT2D eigenvalue weighted by atomic mass is 79.9. The number of hydrogen-bond acceptors (Lipinski definition) is 2. The maximum Gasteiger partial charge on any atom is 0.250 e. The van der Waals surface area contributed by atoms with Crippen molar-refractivity contribution in [3.05, 3.63) is 38.7 Å². The van der Waals surface area contributed by atoms with Gasteiger partial charge in [-0.05, 0) is 27.5 Å². The molecule has 0 spiro atoms. The van der Waals surface area contributed by atoms with Gasteiger partial charge >= 0.3 is 0 Å². The average molecular weight is 307 g/mol. The Morgan fingerprint density at radius 3 is 2.59 bits per heavy atom. The van der Waals surface area contributed by atoms with Gasteiger partial charge in [-0.1, -0.05) is 5.11 Å². The fourth-order valence-electron chi connectivity index (χ4n) is 1.93. The zero-order chi connectivity index (χ0) is 12.7. The Balaban J connectivity index is 2.45. The lowest BCUT2D eigenvalue weighted by Gasteiger charge is -2.43. The minimum absolute atomic E-state index is 0.232. The van der Waals surface area contributed by atoms with E-state index >= 15 is 0 Å². The summed E-state index contributed by atoms with van der Waals surface area (Å²) in [5.41, 5.74) is 6.60. The van der Waals surface area contributed by atoms with Crippen LogP contribution in [0, 0.1) is 5.82 Å². The number of hydrogen-bond donors (Lipinski definition) is 0. The van der Waals surface area contributed by atoms with Crippen molar-refractivity contribution in [1.82, 2.24) is 4.98 Å². The molecule has 0 aliphatic heterocycles. The van der Waals surface area contributed by atoms with Gasteiger partial charge in [0.05, 0.1) is 5.69 Å². The number of nitrogens with zero attached hydrogens (tertiary/aromatic N) is 4. The summed E-state index contributed by atoms with van der Waals surface area (Å²) < 4.78 is 39.8. The van der Waals surface area contributed by atoms with E-state index in [1.165, 1.54) is 6.20 Å². The van der Waals surface area contributed by atoms with Crippen molar-refractivity contribution in [2.24, 2.45) is 5.11 Å². The van der Waals surface area contributed by atoms with Crippen molar-refractivity contribution in [3.63, 3.8) is 0 Å². The van der Waals surface area contributed by atoms with E-state index in [4.69, 9.17) is 5.53 Å². The molecule has 90 valence electrons. The van der Waals surface area contributed by atoms with Crippen LogP contribution in [0.25, 0.3) is 10.4 Å². The van der Waals surface area contributed by atoms with E-state index in [2.05, 4.69) is 30.9 Å². The average Bonchev–Trinajstić information content (AvgIpc) is 2.14. The van der Waals surface area contributed by atoms with Crippen LogP contribution in [0.4, 0.5) is 13.2 Å². The number of azide groups is 1. The minimum atomic E-state index is -2.94. The summed E-state index contributed by atoms with van der Waals surface area (Å²) in [6, 6.07) is 1.10. The van der Waals surface area contributed by atoms with Crippen LogP contribution in [0.15, 0.2) is 21.9 Å². The van der Waals surface area contributed by atoms with E-state index < -0.39 is 30.1 Å². The largest absolute Gasteiger partial charge is 0.256 e. The molecule has 8 heteroatoms. The molecule has 0 aromatic carbocycles. The standard InChI is InChI=1S/C9H6BrF3N4/c10-5-1-6(11)7(15-2-5)8(16-17-14)3-9(12,13)4-8/h1-2H,3-4H2. The third-order valence-corrected chi connectivity index (χ3v) is 3.02. The number of halogens is 4. The van der Waals surface area contributed by atoms with Gasteiger partial charge < -0.3 is 0 Å². The molecule has 1 aromatic heterocycles. The molecule has 4 nitrogen and oxygen atoms in total. The molecule has 0 N–H and O–H groups in total. The Morgan fingerprint density at radius 1 is 1.47 bits per heavy atom. The summed E-state index contributed by atoms with van der Waals surface area (Å²) in [6.45, 7) is 0. The molecule has 17 heavy (non-hydrogen) atoms. The Hall–Kier alpha value is -1.27. The van der Waals surface area contributed by atoms with Gasteiger partial charge in [0.1, 0.15) is 11.4 Å². The van der Waals surface area contributed by atoms with E-state index in [1.807, 2.05) is 0 Å². The minimum Gasteiger partial charge on any atom is -0.256 e. The molecule has 0 saturated heterocycles. The van der Waals surface area contributed by atoms with E-state index in [1.54, 1.807) is 0 Å². The Labute approximate surface area is 103 Å². The zero-order valence-electron chi connectivity index (χ0n) is 8.37. The van der Waals surface area contributed by atoms with Crippen LogP contribution < -0.4 is 0 Å². The molecular formula is C9H6BrF3N4. The SMILES string of the molecule is [N-]=[N+]=NC1(c2ncc(Br)cc2F)CC(F)(F)C1. The summed E-state index contributed by atoms with van der Waals surface area (Å²) in [4.78, 5) is 6.24. The Kier molecular flexibility index (Phi) is 2.79. The molecule has 1 heterocycles. The normalized spacial score (nSPS) is 20.2. The monoisotopic (exact) mass is 306 g/mol. The quantitative estimate of drug-likeness (QED) is 0.464. The topological polar surface area (TPSA) is 61.7 Å². The fraction of sp³-hybridized carbons (Fsp3) is 0.444. The van der Waals surface area contributed by atoms with Crippen LogP contribution in [0.1, 0.15) is 18.5 Å². The first kappa shape index (κ1) is 12.2. The van der Waals surface area contributed by atoms with Crippen molar-refractivity contribution in [2.45, 2.75) is 24.3 Å². The van der Waals surface area contributed by atoms with Gasteiger partial charge in [-0.3, -0.25) is 4.98 Å². The van der Waals surface area contributed by atoms with Crippen molar-refractivity contribution < 1.29 is 13.2 Å². The van der Waals surface area contributed by atoms with Crippen molar-refractivity contribution in [3.8, 4) is 0 Å². The number of rotatable bonds is 2. The van der Waals surface area contributed by atoms with Crippen LogP contribution in [-0.2, 0) is 5.54 Å². The smallest absolute Gasteiger partial charge is 0.250 e. The molecule has 1 aromatic rings. The Morgan fingerprint density at radius 2 is 2.12 bits per heavy atom. The van der Waals surface area contributed by atoms with Crippen LogP contribution in [-0.4, -0.2) is 10.9 Å². The van der Waals surface area contributed by atoms with Gasteiger partial charge in [0, 0.05) is 28.4 Å². The van der Waals surface area contributed by atoms with E-state index in [0.717, 1.165) is 6.07 Å². The molecule has 2 rings (SSSR count). The van der Waals surface area contributed by atoms with Crippen molar-refractivity contribution in [2.75, 3.05) is 0 Å². The molecule has 1 fully saturated rings. The summed E-state index contributed by atoms with van der Waals surface area (Å²) in [6.07, 6.45) is -0.144. The van der Waals surface area contributed by atoms with Gasteiger partial charge in [-0.15, -0.1) is 0 Å². The molecule has 0 unspecified atom stereocenters. The molecule has 1 aliphatic rings. The first-order chi connectivity index (χ1) is 7.88. The Bertz CT molecular complexity index is 505. The lowest BCUT2D eigenvalue weighted by molar-refractivity contribution is -0.126. The molecule has 0 atom stereocenters. The zero-order valence-corrected chi connectivity index (χ0v) is 9.96. The van der Waals surface area contributed by atoms with Crippen LogP contribution >= 0.6 is 15.9 Å². The number of aromatic nitrogens is 1. The molecule has 0 amide bonds. The molecule has 0 radical (unpaired) electrons. The first-order valence-electron chi connectivity index (χ1n) is 4.64. The third kappa shape index (κ3) is 2.10. The highest BCUT2D eigenvalue weighted by molar-refractivity contribution is 9.10. The molecule has 1 aliphatic carbocycles. The molecule has 0 bridgehead atoms. The predicted octanol–water partition coefficient (Wildman–Crippen LogP) is 3.92. The summed E-state index contributed by atoms with van der Waals surface area (Å²) in [7, 11) is 0. The van der Waals surface area contributed by atoms with Gasteiger partial charge in [0.25, 0.3) is 0 Å². The van der Waals surface area contributed by atoms with Crippen molar-refractivity contribution >= 4 is 15.9 Å². The second-order valence-corrected chi connectivity index (χ2v) is 4.83. The molecule has 1 saturated carbocycles.